The monoisotopic (exact) mass is 256 g/mol. The minimum absolute atomic E-state index is 0.460. The first kappa shape index (κ1) is 13.8. The third-order valence-electron chi connectivity index (χ3n) is 3.35. The van der Waals surface area contributed by atoms with Crippen LogP contribution >= 0.6 is 0 Å². The van der Waals surface area contributed by atoms with E-state index in [4.69, 9.17) is 4.74 Å². The van der Waals surface area contributed by atoms with Crippen molar-refractivity contribution < 1.29 is 9.84 Å². The Hall–Kier alpha value is -1.64. The van der Waals surface area contributed by atoms with Crippen molar-refractivity contribution in [3.8, 4) is 0 Å². The molecule has 0 aromatic heterocycles. The van der Waals surface area contributed by atoms with Crippen LogP contribution in [-0.2, 0) is 17.8 Å². The summed E-state index contributed by atoms with van der Waals surface area (Å²) in [5.41, 5.74) is 4.48. The fourth-order valence-corrected chi connectivity index (χ4v) is 2.17. The van der Waals surface area contributed by atoms with Gasteiger partial charge in [0.25, 0.3) is 0 Å². The third kappa shape index (κ3) is 3.66. The number of benzene rings is 2. The second-order valence-electron chi connectivity index (χ2n) is 4.82. The molecule has 1 unspecified atom stereocenters. The summed E-state index contributed by atoms with van der Waals surface area (Å²) in [7, 11) is 1.68. The highest BCUT2D eigenvalue weighted by atomic mass is 16.5. The van der Waals surface area contributed by atoms with Gasteiger partial charge >= 0.3 is 0 Å². The van der Waals surface area contributed by atoms with Crippen molar-refractivity contribution in [2.75, 3.05) is 7.11 Å². The van der Waals surface area contributed by atoms with Crippen LogP contribution in [0.15, 0.2) is 48.5 Å². The molecule has 0 amide bonds. The van der Waals surface area contributed by atoms with E-state index in [0.717, 1.165) is 11.1 Å². The second kappa shape index (κ2) is 6.50. The molecule has 0 saturated carbocycles. The van der Waals surface area contributed by atoms with Gasteiger partial charge in [0.1, 0.15) is 0 Å². The van der Waals surface area contributed by atoms with E-state index in [1.54, 1.807) is 7.11 Å². The van der Waals surface area contributed by atoms with Crippen molar-refractivity contribution in [3.63, 3.8) is 0 Å². The summed E-state index contributed by atoms with van der Waals surface area (Å²) < 4.78 is 5.08. The quantitative estimate of drug-likeness (QED) is 0.888. The van der Waals surface area contributed by atoms with Crippen molar-refractivity contribution >= 4 is 0 Å². The molecule has 100 valence electrons. The minimum atomic E-state index is -0.460. The summed E-state index contributed by atoms with van der Waals surface area (Å²) in [6.07, 6.45) is 0.189. The van der Waals surface area contributed by atoms with Crippen molar-refractivity contribution in [2.45, 2.75) is 26.1 Å². The lowest BCUT2D eigenvalue weighted by Crippen LogP contribution is -2.03. The number of hydrogen-bond donors (Lipinski definition) is 1. The molecule has 0 fully saturated rings. The predicted octanol–water partition coefficient (Wildman–Crippen LogP) is 3.42. The molecule has 19 heavy (non-hydrogen) atoms. The topological polar surface area (TPSA) is 29.5 Å². The summed E-state index contributed by atoms with van der Waals surface area (Å²) in [5, 5.41) is 10.3. The molecule has 1 atom stereocenters. The van der Waals surface area contributed by atoms with Crippen LogP contribution in [0.5, 0.6) is 0 Å². The number of methoxy groups -OCH3 is 1. The number of aliphatic hydroxyl groups excluding tert-OH is 1. The number of ether oxygens (including phenoxy) is 1. The maximum atomic E-state index is 10.3. The highest BCUT2D eigenvalue weighted by Crippen LogP contribution is 2.20. The maximum Gasteiger partial charge on any atom is 0.0830 e. The predicted molar refractivity (Wildman–Crippen MR) is 77.0 cm³/mol. The lowest BCUT2D eigenvalue weighted by molar-refractivity contribution is 0.177. The van der Waals surface area contributed by atoms with E-state index in [2.05, 4.69) is 19.1 Å². The van der Waals surface area contributed by atoms with Gasteiger partial charge in [-0.25, -0.2) is 0 Å². The smallest absolute Gasteiger partial charge is 0.0830 e. The molecule has 0 aliphatic heterocycles. The van der Waals surface area contributed by atoms with Crippen LogP contribution in [0.4, 0.5) is 0 Å². The largest absolute Gasteiger partial charge is 0.388 e. The van der Waals surface area contributed by atoms with Crippen LogP contribution < -0.4 is 0 Å². The molecule has 0 saturated heterocycles. The Morgan fingerprint density at radius 2 is 1.74 bits per heavy atom. The van der Waals surface area contributed by atoms with Gasteiger partial charge in [0.05, 0.1) is 12.7 Å². The molecular weight excluding hydrogens is 236 g/mol. The van der Waals surface area contributed by atoms with Gasteiger partial charge < -0.3 is 9.84 Å². The van der Waals surface area contributed by atoms with E-state index < -0.39 is 6.10 Å². The average Bonchev–Trinajstić information content (AvgIpc) is 2.42. The van der Waals surface area contributed by atoms with Crippen LogP contribution in [0.2, 0.25) is 0 Å². The van der Waals surface area contributed by atoms with Gasteiger partial charge in [0.15, 0.2) is 0 Å². The molecule has 1 N–H and O–H groups in total. The normalized spacial score (nSPS) is 12.4. The summed E-state index contributed by atoms with van der Waals surface area (Å²) in [5.74, 6) is 0. The van der Waals surface area contributed by atoms with E-state index in [0.29, 0.717) is 13.0 Å². The standard InChI is InChI=1S/C17H20O2/c1-13-5-3-4-6-16(13)11-17(18)15-9-7-14(8-10-15)12-19-2/h3-10,17-18H,11-12H2,1-2H3. The molecule has 2 heteroatoms. The lowest BCUT2D eigenvalue weighted by Gasteiger charge is -2.13. The molecule has 2 nitrogen and oxygen atoms in total. The molecule has 2 aromatic rings. The molecule has 2 aromatic carbocycles. The first-order valence-electron chi connectivity index (χ1n) is 6.51. The first-order chi connectivity index (χ1) is 9.20. The molecule has 0 heterocycles. The van der Waals surface area contributed by atoms with E-state index in [1.165, 1.54) is 11.1 Å². The van der Waals surface area contributed by atoms with Crippen molar-refractivity contribution in [1.29, 1.82) is 0 Å². The molecule has 0 bridgehead atoms. The Morgan fingerprint density at radius 1 is 1.05 bits per heavy atom. The summed E-state index contributed by atoms with van der Waals surface area (Å²) in [6.45, 7) is 2.68. The molecule has 2 rings (SSSR count). The van der Waals surface area contributed by atoms with Gasteiger partial charge in [0, 0.05) is 13.5 Å². The number of rotatable bonds is 5. The minimum Gasteiger partial charge on any atom is -0.388 e. The van der Waals surface area contributed by atoms with Crippen molar-refractivity contribution in [1.82, 2.24) is 0 Å². The highest BCUT2D eigenvalue weighted by Gasteiger charge is 2.09. The highest BCUT2D eigenvalue weighted by molar-refractivity contribution is 5.29. The van der Waals surface area contributed by atoms with Crippen molar-refractivity contribution in [2.24, 2.45) is 0 Å². The third-order valence-corrected chi connectivity index (χ3v) is 3.35. The fraction of sp³-hybridized carbons (Fsp3) is 0.294. The van der Waals surface area contributed by atoms with Crippen molar-refractivity contribution in [3.05, 3.63) is 70.8 Å². The van der Waals surface area contributed by atoms with Crippen LogP contribution in [0.25, 0.3) is 0 Å². The number of hydrogen-bond acceptors (Lipinski definition) is 2. The maximum absolute atomic E-state index is 10.3. The summed E-state index contributed by atoms with van der Waals surface area (Å²) in [6, 6.07) is 16.1. The van der Waals surface area contributed by atoms with Gasteiger partial charge in [-0.2, -0.15) is 0 Å². The molecule has 0 aliphatic rings. The Bertz CT molecular complexity index is 517. The van der Waals surface area contributed by atoms with E-state index in [9.17, 15) is 5.11 Å². The fourth-order valence-electron chi connectivity index (χ4n) is 2.17. The number of aryl methyl sites for hydroxylation is 1. The van der Waals surface area contributed by atoms with Gasteiger partial charge in [-0.05, 0) is 29.2 Å². The van der Waals surface area contributed by atoms with Gasteiger partial charge in [-0.1, -0.05) is 48.5 Å². The van der Waals surface area contributed by atoms with Gasteiger partial charge in [-0.15, -0.1) is 0 Å². The molecule has 0 aliphatic carbocycles. The number of aliphatic hydroxyl groups is 1. The Morgan fingerprint density at radius 3 is 2.37 bits per heavy atom. The second-order valence-corrected chi connectivity index (χ2v) is 4.82. The molecule has 0 spiro atoms. The van der Waals surface area contributed by atoms with Gasteiger partial charge in [0.2, 0.25) is 0 Å². The van der Waals surface area contributed by atoms with E-state index in [1.807, 2.05) is 36.4 Å². The zero-order valence-corrected chi connectivity index (χ0v) is 11.5. The zero-order chi connectivity index (χ0) is 13.7. The van der Waals surface area contributed by atoms with Crippen LogP contribution in [-0.4, -0.2) is 12.2 Å². The van der Waals surface area contributed by atoms with Gasteiger partial charge in [-0.3, -0.25) is 0 Å². The Kier molecular flexibility index (Phi) is 4.72. The molecular formula is C17H20O2. The SMILES string of the molecule is COCc1ccc(C(O)Cc2ccccc2C)cc1. The summed E-state index contributed by atoms with van der Waals surface area (Å²) >= 11 is 0. The Balaban J connectivity index is 2.07. The first-order valence-corrected chi connectivity index (χ1v) is 6.51. The van der Waals surface area contributed by atoms with E-state index in [-0.39, 0.29) is 0 Å². The van der Waals surface area contributed by atoms with E-state index >= 15 is 0 Å². The average molecular weight is 256 g/mol. The Labute approximate surface area is 114 Å². The lowest BCUT2D eigenvalue weighted by atomic mass is 9.98. The van der Waals surface area contributed by atoms with Crippen LogP contribution in [0, 0.1) is 6.92 Å². The van der Waals surface area contributed by atoms with Crippen LogP contribution in [0.3, 0.4) is 0 Å². The summed E-state index contributed by atoms with van der Waals surface area (Å²) in [4.78, 5) is 0. The molecule has 0 radical (unpaired) electrons. The van der Waals surface area contributed by atoms with Crippen LogP contribution in [0.1, 0.15) is 28.4 Å². The zero-order valence-electron chi connectivity index (χ0n) is 11.5.